The van der Waals surface area contributed by atoms with E-state index in [9.17, 15) is 0 Å². The lowest BCUT2D eigenvalue weighted by Gasteiger charge is -2.35. The molecule has 7 nitrogen and oxygen atoms in total. The van der Waals surface area contributed by atoms with Gasteiger partial charge in [0, 0.05) is 43.8 Å². The second-order valence-electron chi connectivity index (χ2n) is 8.45. The fraction of sp³-hybridized carbons (Fsp3) is 0.360. The Morgan fingerprint density at radius 3 is 2.67 bits per heavy atom. The molecule has 8 heteroatoms. The second-order valence-corrected chi connectivity index (χ2v) is 8.85. The first-order valence-electron chi connectivity index (χ1n) is 11.4. The molecule has 2 N–H and O–H groups in total. The van der Waals surface area contributed by atoms with E-state index in [1.807, 2.05) is 24.3 Å². The lowest BCUT2D eigenvalue weighted by molar-refractivity contribution is 0.174. The number of ether oxygens (including phenoxy) is 2. The fourth-order valence-corrected chi connectivity index (χ4v) is 4.51. The van der Waals surface area contributed by atoms with Crippen LogP contribution in [0.4, 0.5) is 11.5 Å². The molecule has 1 fully saturated rings. The first kappa shape index (κ1) is 21.7. The van der Waals surface area contributed by atoms with Gasteiger partial charge in [0.1, 0.15) is 5.82 Å². The van der Waals surface area contributed by atoms with Crippen LogP contribution >= 0.6 is 12.2 Å². The Balaban J connectivity index is 1.23. The zero-order chi connectivity index (χ0) is 22.8. The molecule has 0 radical (unpaired) electrons. The summed E-state index contributed by atoms with van der Waals surface area (Å²) >= 11 is 5.51. The van der Waals surface area contributed by atoms with Crippen molar-refractivity contribution in [2.45, 2.75) is 20.4 Å². The Morgan fingerprint density at radius 1 is 1.03 bits per heavy atom. The van der Waals surface area contributed by atoms with E-state index < -0.39 is 0 Å². The highest BCUT2D eigenvalue weighted by Crippen LogP contribution is 2.32. The van der Waals surface area contributed by atoms with Gasteiger partial charge >= 0.3 is 0 Å². The molecule has 5 rings (SSSR count). The quantitative estimate of drug-likeness (QED) is 0.553. The zero-order valence-corrected chi connectivity index (χ0v) is 19.9. The number of aromatic nitrogens is 1. The van der Waals surface area contributed by atoms with Crippen molar-refractivity contribution in [2.24, 2.45) is 0 Å². The maximum Gasteiger partial charge on any atom is 0.231 e. The van der Waals surface area contributed by atoms with Crippen molar-refractivity contribution >= 4 is 39.7 Å². The minimum absolute atomic E-state index is 0.277. The van der Waals surface area contributed by atoms with Crippen LogP contribution in [-0.2, 0) is 6.54 Å². The topological polar surface area (TPSA) is 61.9 Å². The van der Waals surface area contributed by atoms with Gasteiger partial charge in [-0.15, -0.1) is 0 Å². The summed E-state index contributed by atoms with van der Waals surface area (Å²) in [7, 11) is 0. The van der Waals surface area contributed by atoms with Gasteiger partial charge in [0.15, 0.2) is 16.6 Å². The van der Waals surface area contributed by atoms with E-state index in [0.29, 0.717) is 11.7 Å². The van der Waals surface area contributed by atoms with Crippen LogP contribution in [0, 0.1) is 6.92 Å². The van der Waals surface area contributed by atoms with Crippen LogP contribution in [0.25, 0.3) is 10.9 Å². The number of rotatable bonds is 5. The molecule has 1 aromatic heterocycles. The summed E-state index contributed by atoms with van der Waals surface area (Å²) in [6.45, 7) is 10.6. The predicted octanol–water partition coefficient (Wildman–Crippen LogP) is 3.90. The summed E-state index contributed by atoms with van der Waals surface area (Å²) in [5.41, 5.74) is 4.25. The molecule has 172 valence electrons. The molecule has 0 amide bonds. The summed E-state index contributed by atoms with van der Waals surface area (Å²) < 4.78 is 10.8. The number of hydrogen-bond donors (Lipinski definition) is 2. The normalized spacial score (nSPS) is 15.6. The number of anilines is 2. The van der Waals surface area contributed by atoms with Crippen LogP contribution in [0.15, 0.2) is 42.5 Å². The number of piperazine rings is 1. The number of hydrogen-bond acceptors (Lipinski definition) is 6. The molecule has 1 saturated heterocycles. The molecule has 2 aromatic carbocycles. The number of nitrogens with zero attached hydrogens (tertiary/aromatic N) is 3. The van der Waals surface area contributed by atoms with Crippen molar-refractivity contribution in [2.75, 3.05) is 49.7 Å². The average Bonchev–Trinajstić information content (AvgIpc) is 3.31. The molecule has 3 heterocycles. The summed E-state index contributed by atoms with van der Waals surface area (Å²) in [5, 5.41) is 8.26. The number of fused-ring (bicyclic) bond motifs is 2. The van der Waals surface area contributed by atoms with Gasteiger partial charge in [0.05, 0.1) is 5.52 Å². The summed E-state index contributed by atoms with van der Waals surface area (Å²) in [6, 6.07) is 14.3. The number of aryl methyl sites for hydroxylation is 1. The minimum Gasteiger partial charge on any atom is -0.454 e. The highest BCUT2D eigenvalue weighted by Gasteiger charge is 2.18. The van der Waals surface area contributed by atoms with Crippen molar-refractivity contribution in [1.29, 1.82) is 0 Å². The highest BCUT2D eigenvalue weighted by molar-refractivity contribution is 7.80. The van der Waals surface area contributed by atoms with Crippen molar-refractivity contribution in [3.63, 3.8) is 0 Å². The Morgan fingerprint density at radius 2 is 1.85 bits per heavy atom. The molecule has 0 atom stereocenters. The minimum atomic E-state index is 0.277. The van der Waals surface area contributed by atoms with Gasteiger partial charge in [-0.2, -0.15) is 0 Å². The molecule has 2 aliphatic rings. The largest absolute Gasteiger partial charge is 0.454 e. The average molecular weight is 464 g/mol. The van der Waals surface area contributed by atoms with Crippen molar-refractivity contribution < 1.29 is 9.47 Å². The molecular formula is C25H29N5O2S. The van der Waals surface area contributed by atoms with Gasteiger partial charge in [-0.05, 0) is 73.2 Å². The van der Waals surface area contributed by atoms with E-state index in [2.05, 4.69) is 52.5 Å². The maximum absolute atomic E-state index is 5.51. The van der Waals surface area contributed by atoms with Gasteiger partial charge in [0.25, 0.3) is 0 Å². The predicted molar refractivity (Wildman–Crippen MR) is 136 cm³/mol. The third-order valence-electron chi connectivity index (χ3n) is 6.29. The third-order valence-corrected chi connectivity index (χ3v) is 6.54. The molecule has 2 aliphatic heterocycles. The monoisotopic (exact) mass is 463 g/mol. The van der Waals surface area contributed by atoms with Crippen molar-refractivity contribution in [3.05, 3.63) is 53.6 Å². The molecular weight excluding hydrogens is 434 g/mol. The Labute approximate surface area is 199 Å². The number of benzene rings is 2. The SMILES string of the molecule is CCN1CCN(c2cc(C)c3cc(NC(=S)NCc4ccc5c(c4)OCO5)ccc3n2)CC1. The fourth-order valence-electron chi connectivity index (χ4n) is 4.32. The van der Waals surface area contributed by atoms with Crippen molar-refractivity contribution in [3.8, 4) is 11.5 Å². The number of pyridine rings is 1. The standard InChI is InChI=1S/C25H29N5O2S/c1-3-29-8-10-30(11-9-29)24-12-17(2)20-14-19(5-6-21(20)28-24)27-25(33)26-15-18-4-7-22-23(13-18)32-16-31-22/h4-7,12-14H,3,8-11,15-16H2,1-2H3,(H2,26,27,33). The molecule has 0 unspecified atom stereocenters. The summed E-state index contributed by atoms with van der Waals surface area (Å²) in [4.78, 5) is 9.81. The van der Waals surface area contributed by atoms with Crippen LogP contribution in [0.3, 0.4) is 0 Å². The van der Waals surface area contributed by atoms with Crippen LogP contribution in [0.5, 0.6) is 11.5 Å². The van der Waals surface area contributed by atoms with Crippen molar-refractivity contribution in [1.82, 2.24) is 15.2 Å². The smallest absolute Gasteiger partial charge is 0.231 e. The number of nitrogens with one attached hydrogen (secondary N) is 2. The van der Waals surface area contributed by atoms with E-state index >= 15 is 0 Å². The van der Waals surface area contributed by atoms with Crippen LogP contribution in [0.2, 0.25) is 0 Å². The van der Waals surface area contributed by atoms with Gasteiger partial charge in [-0.3, -0.25) is 0 Å². The van der Waals surface area contributed by atoms with Gasteiger partial charge < -0.3 is 29.9 Å². The first-order valence-corrected chi connectivity index (χ1v) is 11.8. The molecule has 0 spiro atoms. The Kier molecular flexibility index (Phi) is 6.20. The van der Waals surface area contributed by atoms with E-state index in [4.69, 9.17) is 26.7 Å². The van der Waals surface area contributed by atoms with Gasteiger partial charge in [-0.25, -0.2) is 4.98 Å². The lowest BCUT2D eigenvalue weighted by Crippen LogP contribution is -2.46. The summed E-state index contributed by atoms with van der Waals surface area (Å²) in [5.74, 6) is 2.63. The molecule has 3 aromatic rings. The first-order chi connectivity index (χ1) is 16.1. The van der Waals surface area contributed by atoms with E-state index in [0.717, 1.165) is 72.2 Å². The molecule has 33 heavy (non-hydrogen) atoms. The lowest BCUT2D eigenvalue weighted by atomic mass is 10.1. The Hall–Kier alpha value is -3.10. The third kappa shape index (κ3) is 4.82. The number of likely N-dealkylation sites (N-methyl/N-ethyl adjacent to an activating group) is 1. The highest BCUT2D eigenvalue weighted by atomic mass is 32.1. The van der Waals surface area contributed by atoms with Crippen LogP contribution < -0.4 is 25.0 Å². The maximum atomic E-state index is 5.51. The van der Waals surface area contributed by atoms with Gasteiger partial charge in [0.2, 0.25) is 6.79 Å². The van der Waals surface area contributed by atoms with Crippen LogP contribution in [0.1, 0.15) is 18.1 Å². The van der Waals surface area contributed by atoms with E-state index in [1.54, 1.807) is 0 Å². The second kappa shape index (κ2) is 9.41. The number of thiocarbonyl (C=S) groups is 1. The zero-order valence-electron chi connectivity index (χ0n) is 19.1. The molecule has 0 bridgehead atoms. The molecule has 0 saturated carbocycles. The van der Waals surface area contributed by atoms with E-state index in [-0.39, 0.29) is 6.79 Å². The summed E-state index contributed by atoms with van der Waals surface area (Å²) in [6.07, 6.45) is 0. The van der Waals surface area contributed by atoms with Gasteiger partial charge in [-0.1, -0.05) is 13.0 Å². The Bertz CT molecular complexity index is 1180. The van der Waals surface area contributed by atoms with E-state index in [1.165, 1.54) is 5.56 Å². The molecule has 0 aliphatic carbocycles. The van der Waals surface area contributed by atoms with Crippen LogP contribution in [-0.4, -0.2) is 54.5 Å².